The van der Waals surface area contributed by atoms with Crippen LogP contribution in [0.5, 0.6) is 0 Å². The number of nitrogens with two attached hydrogens (primary N) is 3. The fourth-order valence-electron chi connectivity index (χ4n) is 0.570. The Morgan fingerprint density at radius 2 is 2.00 bits per heavy atom. The molecule has 7 nitrogen and oxygen atoms in total. The van der Waals surface area contributed by atoms with Crippen molar-refractivity contribution in [3.05, 3.63) is 0 Å². The molecule has 74 valence electrons. The zero-order valence-corrected chi connectivity index (χ0v) is 7.45. The molecule has 0 heterocycles. The Hall–Kier alpha value is -1.79. The first-order chi connectivity index (χ1) is 6.02. The summed E-state index contributed by atoms with van der Waals surface area (Å²) < 4.78 is 0. The molecule has 0 fully saturated rings. The second-order valence-corrected chi connectivity index (χ2v) is 2.26. The van der Waals surface area contributed by atoms with E-state index in [9.17, 15) is 4.79 Å². The van der Waals surface area contributed by atoms with Gasteiger partial charge in [-0.2, -0.15) is 4.99 Å². The molecule has 0 bridgehead atoms. The highest BCUT2D eigenvalue weighted by molar-refractivity contribution is 5.92. The van der Waals surface area contributed by atoms with Crippen molar-refractivity contribution < 1.29 is 4.79 Å². The maximum atomic E-state index is 10.4. The quantitative estimate of drug-likeness (QED) is 0.224. The van der Waals surface area contributed by atoms with E-state index >= 15 is 0 Å². The standard InChI is InChI=1S/C6H14N6O/c1-4(13)10-2-3-11-6(9)12-5(7)8/h2-3H2,1H3,(H,10,13)(H6,7,8,9,11,12). The van der Waals surface area contributed by atoms with Crippen molar-refractivity contribution in [2.45, 2.75) is 6.92 Å². The molecule has 7 heteroatoms. The largest absolute Gasteiger partial charge is 0.370 e. The topological polar surface area (TPSA) is 132 Å². The van der Waals surface area contributed by atoms with E-state index in [1.807, 2.05) is 0 Å². The summed E-state index contributed by atoms with van der Waals surface area (Å²) in [6, 6.07) is 0. The van der Waals surface area contributed by atoms with E-state index in [4.69, 9.17) is 17.2 Å². The fourth-order valence-corrected chi connectivity index (χ4v) is 0.570. The highest BCUT2D eigenvalue weighted by atomic mass is 16.1. The van der Waals surface area contributed by atoms with Crippen LogP contribution in [0.25, 0.3) is 0 Å². The summed E-state index contributed by atoms with van der Waals surface area (Å²) in [6.07, 6.45) is 0. The number of carbonyl (C=O) groups excluding carboxylic acids is 1. The number of amides is 1. The summed E-state index contributed by atoms with van der Waals surface area (Å²) >= 11 is 0. The summed E-state index contributed by atoms with van der Waals surface area (Å²) in [7, 11) is 0. The molecule has 0 aromatic carbocycles. The Balaban J connectivity index is 3.72. The van der Waals surface area contributed by atoms with Gasteiger partial charge in [0.25, 0.3) is 0 Å². The molecule has 0 unspecified atom stereocenters. The van der Waals surface area contributed by atoms with Crippen molar-refractivity contribution in [2.24, 2.45) is 27.2 Å². The van der Waals surface area contributed by atoms with Crippen LogP contribution >= 0.6 is 0 Å². The van der Waals surface area contributed by atoms with E-state index in [1.54, 1.807) is 0 Å². The van der Waals surface area contributed by atoms with Gasteiger partial charge < -0.3 is 22.5 Å². The van der Waals surface area contributed by atoms with Gasteiger partial charge in [0.2, 0.25) is 11.9 Å². The molecule has 0 aromatic heterocycles. The number of rotatable bonds is 3. The monoisotopic (exact) mass is 186 g/mol. The Morgan fingerprint density at radius 1 is 1.38 bits per heavy atom. The van der Waals surface area contributed by atoms with Crippen LogP contribution in [0.4, 0.5) is 0 Å². The molecular weight excluding hydrogens is 172 g/mol. The Morgan fingerprint density at radius 3 is 2.46 bits per heavy atom. The first kappa shape index (κ1) is 11.2. The van der Waals surface area contributed by atoms with Crippen LogP contribution in [0.15, 0.2) is 9.98 Å². The van der Waals surface area contributed by atoms with E-state index in [2.05, 4.69) is 15.3 Å². The molecule has 0 aliphatic rings. The van der Waals surface area contributed by atoms with Gasteiger partial charge in [-0.15, -0.1) is 0 Å². The highest BCUT2D eigenvalue weighted by Crippen LogP contribution is 1.73. The second kappa shape index (κ2) is 5.81. The first-order valence-electron chi connectivity index (χ1n) is 3.66. The van der Waals surface area contributed by atoms with Crippen molar-refractivity contribution in [3.8, 4) is 0 Å². The zero-order valence-electron chi connectivity index (χ0n) is 7.45. The number of carbonyl (C=O) groups is 1. The third-order valence-corrected chi connectivity index (χ3v) is 1.00. The molecule has 0 saturated heterocycles. The average Bonchev–Trinajstić information content (AvgIpc) is 1.96. The minimum atomic E-state index is -0.138. The van der Waals surface area contributed by atoms with Crippen LogP contribution in [0, 0.1) is 0 Å². The van der Waals surface area contributed by atoms with Crippen LogP contribution in [0.3, 0.4) is 0 Å². The molecule has 0 atom stereocenters. The molecule has 0 rings (SSSR count). The number of nitrogens with zero attached hydrogens (tertiary/aromatic N) is 2. The molecule has 1 amide bonds. The second-order valence-electron chi connectivity index (χ2n) is 2.26. The molecular formula is C6H14N6O. The summed E-state index contributed by atoms with van der Waals surface area (Å²) in [5.74, 6) is -0.248. The summed E-state index contributed by atoms with van der Waals surface area (Å²) in [4.78, 5) is 17.7. The van der Waals surface area contributed by atoms with Crippen LogP contribution < -0.4 is 22.5 Å². The predicted octanol–water partition coefficient (Wildman–Crippen LogP) is -2.29. The maximum absolute atomic E-state index is 10.4. The zero-order chi connectivity index (χ0) is 10.3. The lowest BCUT2D eigenvalue weighted by Crippen LogP contribution is -2.27. The van der Waals surface area contributed by atoms with Gasteiger partial charge in [-0.1, -0.05) is 0 Å². The van der Waals surface area contributed by atoms with E-state index < -0.39 is 0 Å². The summed E-state index contributed by atoms with van der Waals surface area (Å²) in [6.45, 7) is 2.18. The van der Waals surface area contributed by atoms with E-state index in [0.29, 0.717) is 13.1 Å². The molecule has 0 radical (unpaired) electrons. The highest BCUT2D eigenvalue weighted by Gasteiger charge is 1.90. The van der Waals surface area contributed by atoms with Gasteiger partial charge in [0.05, 0.1) is 6.54 Å². The third kappa shape index (κ3) is 8.11. The Labute approximate surface area is 76.1 Å². The number of hydrogen-bond donors (Lipinski definition) is 4. The van der Waals surface area contributed by atoms with E-state index in [1.165, 1.54) is 6.92 Å². The minimum Gasteiger partial charge on any atom is -0.370 e. The number of guanidine groups is 2. The van der Waals surface area contributed by atoms with Crippen LogP contribution in [-0.4, -0.2) is 30.9 Å². The smallest absolute Gasteiger partial charge is 0.218 e. The van der Waals surface area contributed by atoms with Crippen molar-refractivity contribution in [2.75, 3.05) is 13.1 Å². The molecule has 7 N–H and O–H groups in total. The third-order valence-electron chi connectivity index (χ3n) is 1.00. The number of aliphatic imine (C=N–C) groups is 2. The summed E-state index contributed by atoms with van der Waals surface area (Å²) in [5, 5.41) is 2.54. The predicted molar refractivity (Wildman–Crippen MR) is 51.0 cm³/mol. The van der Waals surface area contributed by atoms with Gasteiger partial charge in [0.1, 0.15) is 0 Å². The van der Waals surface area contributed by atoms with Crippen LogP contribution in [0.2, 0.25) is 0 Å². The molecule has 0 aromatic rings. The Kier molecular flexibility index (Phi) is 5.01. The van der Waals surface area contributed by atoms with Crippen molar-refractivity contribution in [1.82, 2.24) is 5.32 Å². The lowest BCUT2D eigenvalue weighted by Gasteiger charge is -1.97. The molecule has 0 spiro atoms. The average molecular weight is 186 g/mol. The fraction of sp³-hybridized carbons (Fsp3) is 0.500. The van der Waals surface area contributed by atoms with Gasteiger partial charge >= 0.3 is 0 Å². The normalized spacial score (nSPS) is 10.7. The first-order valence-corrected chi connectivity index (χ1v) is 3.66. The van der Waals surface area contributed by atoms with Crippen molar-refractivity contribution in [3.63, 3.8) is 0 Å². The molecule has 0 saturated carbocycles. The lowest BCUT2D eigenvalue weighted by atomic mass is 10.6. The van der Waals surface area contributed by atoms with Gasteiger partial charge in [0, 0.05) is 13.5 Å². The number of nitrogens with one attached hydrogen (secondary N) is 1. The minimum absolute atomic E-state index is 0.00496. The molecule has 13 heavy (non-hydrogen) atoms. The van der Waals surface area contributed by atoms with Crippen molar-refractivity contribution in [1.29, 1.82) is 0 Å². The Bertz CT molecular complexity index is 229. The van der Waals surface area contributed by atoms with Crippen LogP contribution in [0.1, 0.15) is 6.92 Å². The molecule has 0 aliphatic heterocycles. The lowest BCUT2D eigenvalue weighted by molar-refractivity contribution is -0.118. The van der Waals surface area contributed by atoms with E-state index in [-0.39, 0.29) is 17.8 Å². The van der Waals surface area contributed by atoms with E-state index in [0.717, 1.165) is 0 Å². The molecule has 0 aliphatic carbocycles. The van der Waals surface area contributed by atoms with Crippen LogP contribution in [-0.2, 0) is 4.79 Å². The SMILES string of the molecule is CC(=O)NCCN=C(N)N=C(N)N. The van der Waals surface area contributed by atoms with Gasteiger partial charge in [-0.05, 0) is 0 Å². The van der Waals surface area contributed by atoms with Gasteiger partial charge in [-0.25, -0.2) is 4.99 Å². The summed E-state index contributed by atoms with van der Waals surface area (Å²) in [5.41, 5.74) is 15.4. The van der Waals surface area contributed by atoms with Gasteiger partial charge in [0.15, 0.2) is 5.96 Å². The van der Waals surface area contributed by atoms with Crippen molar-refractivity contribution >= 4 is 17.8 Å². The maximum Gasteiger partial charge on any atom is 0.218 e. The van der Waals surface area contributed by atoms with Gasteiger partial charge in [-0.3, -0.25) is 4.79 Å². The number of hydrogen-bond acceptors (Lipinski definition) is 2.